The van der Waals surface area contributed by atoms with Gasteiger partial charge < -0.3 is 14.0 Å². The van der Waals surface area contributed by atoms with Gasteiger partial charge in [-0.25, -0.2) is 0 Å². The lowest BCUT2D eigenvalue weighted by atomic mass is 9.78. The fourth-order valence-corrected chi connectivity index (χ4v) is 2.10. The van der Waals surface area contributed by atoms with Crippen LogP contribution >= 0.6 is 0 Å². The molecule has 0 N–H and O–H groups in total. The van der Waals surface area contributed by atoms with Crippen molar-refractivity contribution in [3.8, 4) is 5.75 Å². The molecule has 20 heavy (non-hydrogen) atoms. The number of halogens is 1. The van der Waals surface area contributed by atoms with E-state index in [0.717, 1.165) is 5.46 Å². The largest absolute Gasteiger partial charge is 0.496 e. The Bertz CT molecular complexity index is 474. The molecular weight excluding hydrogens is 262 g/mol. The fraction of sp³-hybridized carbons (Fsp3) is 0.571. The van der Waals surface area contributed by atoms with Crippen LogP contribution in [-0.4, -0.2) is 25.4 Å². The lowest BCUT2D eigenvalue weighted by Crippen LogP contribution is -2.41. The van der Waals surface area contributed by atoms with Crippen LogP contribution in [0.3, 0.4) is 0 Å². The first-order chi connectivity index (χ1) is 9.30. The summed E-state index contributed by atoms with van der Waals surface area (Å²) in [6.45, 7) is 7.78. The molecule has 6 heteroatoms. The summed E-state index contributed by atoms with van der Waals surface area (Å²) in [7, 11) is 1.05. The van der Waals surface area contributed by atoms with Gasteiger partial charge in [0.15, 0.2) is 0 Å². The van der Waals surface area contributed by atoms with Crippen molar-refractivity contribution < 1.29 is 23.5 Å². The number of hydrogen-bond donors (Lipinski definition) is 0. The Balaban J connectivity index is 2.29. The third-order valence-corrected chi connectivity index (χ3v) is 4.04. The molecule has 0 aromatic heterocycles. The summed E-state index contributed by atoms with van der Waals surface area (Å²) in [6, 6.07) is 5.39. The van der Waals surface area contributed by atoms with Crippen LogP contribution in [0.5, 0.6) is 5.75 Å². The Labute approximate surface area is 119 Å². The normalized spacial score (nSPS) is 20.2. The molecule has 1 aliphatic heterocycles. The highest BCUT2D eigenvalue weighted by atomic mass is 19.3. The first kappa shape index (κ1) is 15.3. The molecular formula is C14H20BFO4. The summed E-state index contributed by atoms with van der Waals surface area (Å²) < 4.78 is 29.2. The van der Waals surface area contributed by atoms with Gasteiger partial charge in [-0.3, -0.25) is 0 Å². The van der Waals surface area contributed by atoms with E-state index in [-0.39, 0.29) is 6.61 Å². The Morgan fingerprint density at radius 3 is 2.25 bits per heavy atom. The maximum Gasteiger partial charge on any atom is 0.494 e. The predicted octanol–water partition coefficient (Wildman–Crippen LogP) is 2.40. The molecule has 0 radical (unpaired) electrons. The summed E-state index contributed by atoms with van der Waals surface area (Å²) in [5.41, 5.74) is 0.613. The molecule has 1 saturated heterocycles. The lowest BCUT2D eigenvalue weighted by Gasteiger charge is -2.32. The van der Waals surface area contributed by atoms with Crippen molar-refractivity contribution in [2.45, 2.75) is 45.5 Å². The molecule has 110 valence electrons. The van der Waals surface area contributed by atoms with E-state index in [2.05, 4.69) is 4.94 Å². The fourth-order valence-electron chi connectivity index (χ4n) is 2.10. The van der Waals surface area contributed by atoms with Gasteiger partial charge in [-0.05, 0) is 43.8 Å². The molecule has 0 aliphatic carbocycles. The standard InChI is InChI=1S/C14H20BFO4/c1-13(2)14(3,4)20-15(19-13)11-6-7-12(17-5)10(8-11)9-18-16/h6-8H,9H2,1-5H3. The van der Waals surface area contributed by atoms with E-state index in [1.807, 2.05) is 33.8 Å². The van der Waals surface area contributed by atoms with E-state index < -0.39 is 18.3 Å². The van der Waals surface area contributed by atoms with Crippen molar-refractivity contribution in [3.05, 3.63) is 23.8 Å². The van der Waals surface area contributed by atoms with Crippen molar-refractivity contribution in [3.63, 3.8) is 0 Å². The van der Waals surface area contributed by atoms with Gasteiger partial charge in [-0.1, -0.05) is 12.1 Å². The monoisotopic (exact) mass is 282 g/mol. The second-order valence-electron chi connectivity index (χ2n) is 5.91. The molecule has 1 aliphatic rings. The van der Waals surface area contributed by atoms with E-state index in [1.165, 1.54) is 7.11 Å². The van der Waals surface area contributed by atoms with E-state index in [4.69, 9.17) is 14.0 Å². The first-order valence-corrected chi connectivity index (χ1v) is 6.57. The Morgan fingerprint density at radius 1 is 1.15 bits per heavy atom. The third-order valence-electron chi connectivity index (χ3n) is 4.04. The van der Waals surface area contributed by atoms with Crippen LogP contribution < -0.4 is 10.2 Å². The minimum Gasteiger partial charge on any atom is -0.496 e. The molecule has 4 nitrogen and oxygen atoms in total. The van der Waals surface area contributed by atoms with Gasteiger partial charge in [0.05, 0.1) is 18.3 Å². The Kier molecular flexibility index (Phi) is 4.09. The average molecular weight is 282 g/mol. The molecule has 1 fully saturated rings. The maximum absolute atomic E-state index is 12.1. The average Bonchev–Trinajstić information content (AvgIpc) is 2.59. The summed E-state index contributed by atoms with van der Waals surface area (Å²) in [5.74, 6) is 0.572. The molecule has 0 spiro atoms. The maximum atomic E-state index is 12.1. The zero-order chi connectivity index (χ0) is 15.0. The molecule has 0 bridgehead atoms. The minimum atomic E-state index is -0.482. The number of ether oxygens (including phenoxy) is 1. The highest BCUT2D eigenvalue weighted by Crippen LogP contribution is 2.36. The highest BCUT2D eigenvalue weighted by molar-refractivity contribution is 6.62. The predicted molar refractivity (Wildman–Crippen MR) is 74.6 cm³/mol. The minimum absolute atomic E-state index is 0.170. The molecule has 0 unspecified atom stereocenters. The molecule has 2 rings (SSSR count). The van der Waals surface area contributed by atoms with Gasteiger partial charge >= 0.3 is 7.12 Å². The summed E-state index contributed by atoms with van der Waals surface area (Å²) in [4.78, 5) is 3.71. The van der Waals surface area contributed by atoms with Crippen molar-refractivity contribution in [2.24, 2.45) is 0 Å². The van der Waals surface area contributed by atoms with Gasteiger partial charge in [-0.2, -0.15) is 4.94 Å². The van der Waals surface area contributed by atoms with Crippen molar-refractivity contribution in [2.75, 3.05) is 7.11 Å². The van der Waals surface area contributed by atoms with Gasteiger partial charge in [0, 0.05) is 5.56 Å². The zero-order valence-electron chi connectivity index (χ0n) is 12.5. The Morgan fingerprint density at radius 2 is 1.75 bits per heavy atom. The van der Waals surface area contributed by atoms with E-state index in [0.29, 0.717) is 11.3 Å². The van der Waals surface area contributed by atoms with Crippen LogP contribution in [-0.2, 0) is 20.9 Å². The van der Waals surface area contributed by atoms with Crippen LogP contribution in [0.2, 0.25) is 0 Å². The first-order valence-electron chi connectivity index (χ1n) is 6.57. The summed E-state index contributed by atoms with van der Waals surface area (Å²) >= 11 is 0. The molecule has 1 heterocycles. The third kappa shape index (κ3) is 2.68. The van der Waals surface area contributed by atoms with Gasteiger partial charge in [0.25, 0.3) is 0 Å². The topological polar surface area (TPSA) is 36.9 Å². The van der Waals surface area contributed by atoms with Crippen LogP contribution in [0.1, 0.15) is 33.3 Å². The highest BCUT2D eigenvalue weighted by Gasteiger charge is 2.51. The van der Waals surface area contributed by atoms with Crippen molar-refractivity contribution >= 4 is 12.6 Å². The Hall–Kier alpha value is -1.11. The van der Waals surface area contributed by atoms with Crippen LogP contribution in [0.15, 0.2) is 18.2 Å². The number of rotatable bonds is 4. The smallest absolute Gasteiger partial charge is 0.494 e. The summed E-state index contributed by atoms with van der Waals surface area (Å²) in [6.07, 6.45) is 0. The zero-order valence-corrected chi connectivity index (χ0v) is 12.5. The second-order valence-corrected chi connectivity index (χ2v) is 5.91. The molecule has 1 aromatic rings. The van der Waals surface area contributed by atoms with Gasteiger partial charge in [0.2, 0.25) is 0 Å². The van der Waals surface area contributed by atoms with Crippen molar-refractivity contribution in [1.82, 2.24) is 0 Å². The van der Waals surface area contributed by atoms with Crippen LogP contribution in [0, 0.1) is 0 Å². The van der Waals surface area contributed by atoms with E-state index >= 15 is 0 Å². The van der Waals surface area contributed by atoms with Gasteiger partial charge in [0.1, 0.15) is 12.4 Å². The van der Waals surface area contributed by atoms with Crippen molar-refractivity contribution in [1.29, 1.82) is 0 Å². The second kappa shape index (κ2) is 5.35. The molecule has 0 atom stereocenters. The quantitative estimate of drug-likeness (QED) is 0.795. The molecule has 0 amide bonds. The number of benzene rings is 1. The molecule has 0 saturated carbocycles. The summed E-state index contributed by atoms with van der Waals surface area (Å²) in [5, 5.41) is 0. The van der Waals surface area contributed by atoms with Gasteiger partial charge in [-0.15, -0.1) is 0 Å². The van der Waals surface area contributed by atoms with Crippen LogP contribution in [0.25, 0.3) is 0 Å². The number of hydrogen-bond acceptors (Lipinski definition) is 4. The SMILES string of the molecule is COc1ccc(B2OC(C)(C)C(C)(C)O2)cc1COF. The lowest BCUT2D eigenvalue weighted by molar-refractivity contribution is -0.144. The van der Waals surface area contributed by atoms with Crippen LogP contribution in [0.4, 0.5) is 4.53 Å². The van der Waals surface area contributed by atoms with E-state index in [1.54, 1.807) is 12.1 Å². The van der Waals surface area contributed by atoms with E-state index in [9.17, 15) is 4.53 Å². The number of methoxy groups -OCH3 is 1. The molecule has 1 aromatic carbocycles.